The lowest BCUT2D eigenvalue weighted by Gasteiger charge is -2.14. The minimum absolute atomic E-state index is 0.180. The van der Waals surface area contributed by atoms with Crippen LogP contribution in [-0.4, -0.2) is 40.9 Å². The molecule has 0 bridgehead atoms. The van der Waals surface area contributed by atoms with Crippen molar-refractivity contribution >= 4 is 23.8 Å². The van der Waals surface area contributed by atoms with Gasteiger partial charge >= 0.3 is 5.97 Å². The normalized spacial score (nSPS) is 16.3. The second kappa shape index (κ2) is 9.41. The molecule has 9 heteroatoms. The lowest BCUT2D eigenvalue weighted by molar-refractivity contribution is -0.142. The maximum Gasteiger partial charge on any atom is 0.349 e. The number of rotatable bonds is 7. The third kappa shape index (κ3) is 5.15. The second-order valence-corrected chi connectivity index (χ2v) is 7.19. The molecule has 1 aliphatic rings. The van der Waals surface area contributed by atoms with E-state index in [-0.39, 0.29) is 17.5 Å². The average molecular weight is 412 g/mol. The number of hydrogen-bond acceptors (Lipinski definition) is 7. The van der Waals surface area contributed by atoms with Crippen molar-refractivity contribution in [3.05, 3.63) is 40.4 Å². The molecule has 2 aromatic rings. The van der Waals surface area contributed by atoms with Crippen LogP contribution in [0.3, 0.4) is 0 Å². The molecule has 0 spiro atoms. The van der Waals surface area contributed by atoms with Crippen molar-refractivity contribution < 1.29 is 23.6 Å². The van der Waals surface area contributed by atoms with Crippen LogP contribution in [0.15, 0.2) is 22.2 Å². The van der Waals surface area contributed by atoms with E-state index in [1.54, 1.807) is 6.92 Å². The Bertz CT molecular complexity index is 1010. The van der Waals surface area contributed by atoms with E-state index in [0.717, 1.165) is 42.9 Å². The third-order valence-corrected chi connectivity index (χ3v) is 4.89. The maximum atomic E-state index is 12.3. The van der Waals surface area contributed by atoms with Crippen LogP contribution in [-0.2, 0) is 25.6 Å². The van der Waals surface area contributed by atoms with Gasteiger partial charge < -0.3 is 23.9 Å². The van der Waals surface area contributed by atoms with Crippen molar-refractivity contribution in [1.82, 2.24) is 9.72 Å². The SMILES string of the molecule is Cc1cc(NC(=O)COC(=O)/C(C#N)=C/c2cc(C)n(C[C@@H]3CCCO3)c2C)no1. The molecule has 30 heavy (non-hydrogen) atoms. The molecule has 1 aliphatic heterocycles. The Morgan fingerprint density at radius 3 is 2.83 bits per heavy atom. The van der Waals surface area contributed by atoms with Gasteiger partial charge in [-0.05, 0) is 51.3 Å². The number of aromatic nitrogens is 2. The minimum atomic E-state index is -0.868. The number of nitrogens with zero attached hydrogens (tertiary/aromatic N) is 3. The van der Waals surface area contributed by atoms with E-state index in [1.807, 2.05) is 26.0 Å². The summed E-state index contributed by atoms with van der Waals surface area (Å²) >= 11 is 0. The first-order chi connectivity index (χ1) is 14.4. The van der Waals surface area contributed by atoms with Crippen molar-refractivity contribution in [3.63, 3.8) is 0 Å². The van der Waals surface area contributed by atoms with Crippen LogP contribution in [0.1, 0.15) is 35.6 Å². The molecule has 3 rings (SSSR count). The number of aryl methyl sites for hydroxylation is 2. The molecule has 1 amide bonds. The van der Waals surface area contributed by atoms with Gasteiger partial charge in [0.05, 0.1) is 6.10 Å². The molecule has 1 fully saturated rings. The molecule has 1 atom stereocenters. The number of carbonyl (C=O) groups excluding carboxylic acids is 2. The molecular formula is C21H24N4O5. The smallest absolute Gasteiger partial charge is 0.349 e. The molecular weight excluding hydrogens is 388 g/mol. The first kappa shape index (κ1) is 21.3. The molecule has 158 valence electrons. The van der Waals surface area contributed by atoms with Gasteiger partial charge in [0, 0.05) is 30.6 Å². The van der Waals surface area contributed by atoms with Gasteiger partial charge in [-0.2, -0.15) is 5.26 Å². The first-order valence-corrected chi connectivity index (χ1v) is 9.67. The number of anilines is 1. The molecule has 0 radical (unpaired) electrons. The Labute approximate surface area is 174 Å². The number of nitriles is 1. The summed E-state index contributed by atoms with van der Waals surface area (Å²) in [5.74, 6) is -0.686. The zero-order valence-electron chi connectivity index (χ0n) is 17.2. The number of carbonyl (C=O) groups is 2. The van der Waals surface area contributed by atoms with Crippen LogP contribution in [0.5, 0.6) is 0 Å². The van der Waals surface area contributed by atoms with Gasteiger partial charge in [0.15, 0.2) is 12.4 Å². The maximum absolute atomic E-state index is 12.3. The number of hydrogen-bond donors (Lipinski definition) is 1. The molecule has 2 aromatic heterocycles. The number of nitrogens with one attached hydrogen (secondary N) is 1. The summed E-state index contributed by atoms with van der Waals surface area (Å²) in [4.78, 5) is 24.1. The summed E-state index contributed by atoms with van der Waals surface area (Å²) in [7, 11) is 0. The van der Waals surface area contributed by atoms with E-state index < -0.39 is 18.5 Å². The lowest BCUT2D eigenvalue weighted by Crippen LogP contribution is -2.21. The quantitative estimate of drug-likeness (QED) is 0.422. The third-order valence-electron chi connectivity index (χ3n) is 4.89. The van der Waals surface area contributed by atoms with E-state index in [4.69, 9.17) is 14.0 Å². The Morgan fingerprint density at radius 1 is 1.40 bits per heavy atom. The molecule has 0 unspecified atom stereocenters. The van der Waals surface area contributed by atoms with Gasteiger partial charge in [0.1, 0.15) is 17.4 Å². The van der Waals surface area contributed by atoms with E-state index in [9.17, 15) is 14.9 Å². The number of amides is 1. The lowest BCUT2D eigenvalue weighted by atomic mass is 10.1. The Morgan fingerprint density at radius 2 is 2.20 bits per heavy atom. The summed E-state index contributed by atoms with van der Waals surface area (Å²) in [6.45, 7) is 6.57. The van der Waals surface area contributed by atoms with Crippen LogP contribution in [0.2, 0.25) is 0 Å². The average Bonchev–Trinajstić information content (AvgIpc) is 3.43. The molecule has 3 heterocycles. The largest absolute Gasteiger partial charge is 0.451 e. The second-order valence-electron chi connectivity index (χ2n) is 7.19. The first-order valence-electron chi connectivity index (χ1n) is 9.67. The van der Waals surface area contributed by atoms with E-state index in [2.05, 4.69) is 15.0 Å². The van der Waals surface area contributed by atoms with Crippen molar-refractivity contribution in [2.75, 3.05) is 18.5 Å². The van der Waals surface area contributed by atoms with Crippen LogP contribution in [0.4, 0.5) is 5.82 Å². The topological polar surface area (TPSA) is 119 Å². The van der Waals surface area contributed by atoms with Crippen LogP contribution in [0, 0.1) is 32.1 Å². The Kier molecular flexibility index (Phi) is 6.69. The summed E-state index contributed by atoms with van der Waals surface area (Å²) in [5, 5.41) is 15.5. The molecule has 0 aromatic carbocycles. The van der Waals surface area contributed by atoms with E-state index in [1.165, 1.54) is 12.1 Å². The fourth-order valence-corrected chi connectivity index (χ4v) is 3.35. The monoisotopic (exact) mass is 412 g/mol. The van der Waals surface area contributed by atoms with Crippen molar-refractivity contribution in [3.8, 4) is 6.07 Å². The fraction of sp³-hybridized carbons (Fsp3) is 0.429. The standard InChI is InChI=1S/C21H24N4O5/c1-13-7-16(15(3)25(13)11-18-5-4-6-28-18)9-17(10-22)21(27)29-12-20(26)23-19-8-14(2)30-24-19/h7-9,18H,4-6,11-12H2,1-3H3,(H,23,24,26)/b17-9+/t18-/m0/s1. The van der Waals surface area contributed by atoms with Crippen molar-refractivity contribution in [1.29, 1.82) is 5.26 Å². The zero-order chi connectivity index (χ0) is 21.7. The predicted molar refractivity (Wildman–Crippen MR) is 107 cm³/mol. The van der Waals surface area contributed by atoms with Crippen LogP contribution in [0.25, 0.3) is 6.08 Å². The highest BCUT2D eigenvalue weighted by Gasteiger charge is 2.20. The van der Waals surface area contributed by atoms with Crippen molar-refractivity contribution in [2.24, 2.45) is 0 Å². The van der Waals surface area contributed by atoms with Crippen LogP contribution < -0.4 is 5.32 Å². The predicted octanol–water partition coefficient (Wildman–Crippen LogP) is 2.67. The summed E-state index contributed by atoms with van der Waals surface area (Å²) in [5.41, 5.74) is 2.52. The molecule has 1 saturated heterocycles. The molecule has 0 aliphatic carbocycles. The minimum Gasteiger partial charge on any atom is -0.451 e. The van der Waals surface area contributed by atoms with Crippen molar-refractivity contribution in [2.45, 2.75) is 46.3 Å². The van der Waals surface area contributed by atoms with E-state index >= 15 is 0 Å². The number of esters is 1. The highest BCUT2D eigenvalue weighted by molar-refractivity contribution is 6.00. The van der Waals surface area contributed by atoms with Gasteiger partial charge in [-0.3, -0.25) is 4.79 Å². The fourth-order valence-electron chi connectivity index (χ4n) is 3.35. The Balaban J connectivity index is 1.63. The molecule has 0 saturated carbocycles. The van der Waals surface area contributed by atoms with Gasteiger partial charge in [0.25, 0.3) is 5.91 Å². The zero-order valence-corrected chi connectivity index (χ0v) is 17.2. The summed E-state index contributed by atoms with van der Waals surface area (Å²) < 4.78 is 17.6. The van der Waals surface area contributed by atoms with Gasteiger partial charge in [0.2, 0.25) is 0 Å². The van der Waals surface area contributed by atoms with Gasteiger partial charge in [-0.25, -0.2) is 4.79 Å². The number of ether oxygens (including phenoxy) is 2. The highest BCUT2D eigenvalue weighted by Crippen LogP contribution is 2.22. The van der Waals surface area contributed by atoms with Gasteiger partial charge in [-0.1, -0.05) is 5.16 Å². The molecule has 9 nitrogen and oxygen atoms in total. The summed E-state index contributed by atoms with van der Waals surface area (Å²) in [6, 6.07) is 5.30. The molecule has 1 N–H and O–H groups in total. The highest BCUT2D eigenvalue weighted by atomic mass is 16.5. The van der Waals surface area contributed by atoms with Gasteiger partial charge in [-0.15, -0.1) is 0 Å². The van der Waals surface area contributed by atoms with E-state index in [0.29, 0.717) is 5.76 Å². The summed E-state index contributed by atoms with van der Waals surface area (Å²) in [6.07, 6.45) is 3.74. The Hall–Kier alpha value is -3.38. The van der Waals surface area contributed by atoms with Crippen LogP contribution >= 0.6 is 0 Å².